The first-order valence-electron chi connectivity index (χ1n) is 4.15. The van der Waals surface area contributed by atoms with Gasteiger partial charge in [-0.2, -0.15) is 8.42 Å². The first kappa shape index (κ1) is 9.88. The Morgan fingerprint density at radius 1 is 1.27 bits per heavy atom. The first-order chi connectivity index (χ1) is 7.07. The smallest absolute Gasteiger partial charge is 0.269 e. The van der Waals surface area contributed by atoms with Crippen LogP contribution in [0.5, 0.6) is 0 Å². The van der Waals surface area contributed by atoms with E-state index in [1.54, 1.807) is 24.3 Å². The third-order valence-electron chi connectivity index (χ3n) is 1.90. The van der Waals surface area contributed by atoms with Gasteiger partial charge in [-0.1, -0.05) is 18.2 Å². The molecule has 15 heavy (non-hydrogen) atoms. The van der Waals surface area contributed by atoms with Crippen molar-refractivity contribution < 1.29 is 13.0 Å². The van der Waals surface area contributed by atoms with Gasteiger partial charge in [0.15, 0.2) is 0 Å². The Morgan fingerprint density at radius 2 is 2.00 bits per heavy atom. The minimum absolute atomic E-state index is 0.625. The van der Waals surface area contributed by atoms with Gasteiger partial charge < -0.3 is 0 Å². The SMILES string of the molecule is O=S(=O)(O)N1C=CN=c2ccccc2=C1. The number of nitrogens with zero attached hydrogens (tertiary/aromatic N) is 2. The molecule has 78 valence electrons. The molecular formula is C9H8N2O3S. The molecule has 0 unspecified atom stereocenters. The molecule has 0 aromatic heterocycles. The van der Waals surface area contributed by atoms with Crippen LogP contribution in [-0.4, -0.2) is 17.3 Å². The van der Waals surface area contributed by atoms with E-state index < -0.39 is 10.3 Å². The highest BCUT2D eigenvalue weighted by molar-refractivity contribution is 7.83. The molecule has 0 saturated carbocycles. The molecule has 1 aromatic carbocycles. The summed E-state index contributed by atoms with van der Waals surface area (Å²) in [6.07, 6.45) is 3.79. The Balaban J connectivity index is 2.68. The van der Waals surface area contributed by atoms with Crippen molar-refractivity contribution in [1.82, 2.24) is 4.31 Å². The predicted octanol–water partition coefficient (Wildman–Crippen LogP) is -0.366. The van der Waals surface area contributed by atoms with E-state index in [2.05, 4.69) is 4.99 Å². The van der Waals surface area contributed by atoms with Crippen LogP contribution in [0.4, 0.5) is 0 Å². The second-order valence-electron chi connectivity index (χ2n) is 2.92. The number of fused-ring (bicyclic) bond motifs is 1. The summed E-state index contributed by atoms with van der Waals surface area (Å²) in [5.41, 5.74) is 0. The van der Waals surface area contributed by atoms with Gasteiger partial charge in [-0.05, 0) is 6.07 Å². The largest absolute Gasteiger partial charge is 0.363 e. The lowest BCUT2D eigenvalue weighted by atomic mass is 10.3. The maximum Gasteiger partial charge on any atom is 0.363 e. The molecule has 0 amide bonds. The molecule has 1 aromatic rings. The van der Waals surface area contributed by atoms with Crippen LogP contribution < -0.4 is 10.6 Å². The fourth-order valence-electron chi connectivity index (χ4n) is 1.22. The zero-order valence-electron chi connectivity index (χ0n) is 7.61. The summed E-state index contributed by atoms with van der Waals surface area (Å²) >= 11 is 0. The van der Waals surface area contributed by atoms with Crippen LogP contribution in [0.15, 0.2) is 41.7 Å². The van der Waals surface area contributed by atoms with E-state index in [0.29, 0.717) is 14.9 Å². The monoisotopic (exact) mass is 224 g/mol. The van der Waals surface area contributed by atoms with E-state index in [1.165, 1.54) is 18.6 Å². The van der Waals surface area contributed by atoms with Crippen LogP contribution in [0.25, 0.3) is 6.20 Å². The van der Waals surface area contributed by atoms with Crippen LogP contribution in [0.3, 0.4) is 0 Å². The molecule has 6 heteroatoms. The van der Waals surface area contributed by atoms with E-state index in [-0.39, 0.29) is 0 Å². The minimum atomic E-state index is -4.26. The average molecular weight is 224 g/mol. The van der Waals surface area contributed by atoms with E-state index in [1.807, 2.05) is 0 Å². The number of benzene rings is 1. The van der Waals surface area contributed by atoms with Crippen LogP contribution in [0, 0.1) is 0 Å². The normalized spacial score (nSPS) is 14.9. The zero-order valence-corrected chi connectivity index (χ0v) is 8.42. The van der Waals surface area contributed by atoms with E-state index in [0.717, 1.165) is 0 Å². The molecule has 1 aliphatic heterocycles. The van der Waals surface area contributed by atoms with E-state index >= 15 is 0 Å². The molecule has 0 radical (unpaired) electrons. The Labute approximate surface area is 86.6 Å². The topological polar surface area (TPSA) is 70.0 Å². The highest BCUT2D eigenvalue weighted by atomic mass is 32.2. The van der Waals surface area contributed by atoms with Gasteiger partial charge in [-0.25, -0.2) is 4.31 Å². The van der Waals surface area contributed by atoms with Crippen LogP contribution in [0.2, 0.25) is 0 Å². The van der Waals surface area contributed by atoms with Crippen LogP contribution in [0.1, 0.15) is 0 Å². The zero-order chi connectivity index (χ0) is 10.9. The fourth-order valence-corrected chi connectivity index (χ4v) is 1.67. The number of hydrogen-bond donors (Lipinski definition) is 1. The highest BCUT2D eigenvalue weighted by Gasteiger charge is 2.11. The molecule has 0 spiro atoms. The molecule has 0 atom stereocenters. The van der Waals surface area contributed by atoms with Gasteiger partial charge >= 0.3 is 10.3 Å². The minimum Gasteiger partial charge on any atom is -0.269 e. The van der Waals surface area contributed by atoms with Gasteiger partial charge in [0.1, 0.15) is 0 Å². The molecule has 1 heterocycles. The Morgan fingerprint density at radius 3 is 2.73 bits per heavy atom. The Bertz CT molecular complexity index is 619. The van der Waals surface area contributed by atoms with Gasteiger partial charge in [0.05, 0.1) is 5.36 Å². The molecular weight excluding hydrogens is 216 g/mol. The summed E-state index contributed by atoms with van der Waals surface area (Å²) in [5, 5.41) is 1.28. The van der Waals surface area contributed by atoms with Crippen molar-refractivity contribution in [3.05, 3.63) is 47.2 Å². The van der Waals surface area contributed by atoms with Crippen LogP contribution >= 0.6 is 0 Å². The summed E-state index contributed by atoms with van der Waals surface area (Å²) in [6.45, 7) is 0. The van der Waals surface area contributed by atoms with Gasteiger partial charge in [-0.3, -0.25) is 9.55 Å². The van der Waals surface area contributed by atoms with Gasteiger partial charge in [-0.15, -0.1) is 0 Å². The molecule has 0 fully saturated rings. The highest BCUT2D eigenvalue weighted by Crippen LogP contribution is 2.00. The van der Waals surface area contributed by atoms with E-state index in [9.17, 15) is 8.42 Å². The van der Waals surface area contributed by atoms with Gasteiger partial charge in [0, 0.05) is 23.8 Å². The maximum absolute atomic E-state index is 10.9. The molecule has 5 nitrogen and oxygen atoms in total. The third kappa shape index (κ3) is 2.05. The van der Waals surface area contributed by atoms with Crippen molar-refractivity contribution in [1.29, 1.82) is 0 Å². The Hall–Kier alpha value is -1.66. The third-order valence-corrected chi connectivity index (χ3v) is 2.66. The number of para-hydroxylation sites is 1. The van der Waals surface area contributed by atoms with Crippen molar-refractivity contribution in [2.75, 3.05) is 0 Å². The van der Waals surface area contributed by atoms with Crippen molar-refractivity contribution in [2.24, 2.45) is 4.99 Å². The average Bonchev–Trinajstić information content (AvgIpc) is 2.38. The van der Waals surface area contributed by atoms with Crippen molar-refractivity contribution in [3.63, 3.8) is 0 Å². The summed E-state index contributed by atoms with van der Waals surface area (Å²) in [4.78, 5) is 4.02. The molecule has 0 saturated heterocycles. The lowest BCUT2D eigenvalue weighted by Gasteiger charge is -2.08. The summed E-state index contributed by atoms with van der Waals surface area (Å²) in [7, 11) is -4.26. The van der Waals surface area contributed by atoms with Crippen LogP contribution in [-0.2, 0) is 10.3 Å². The molecule has 1 aliphatic rings. The van der Waals surface area contributed by atoms with Gasteiger partial charge in [0.2, 0.25) is 0 Å². The molecule has 0 aliphatic carbocycles. The molecule has 0 bridgehead atoms. The van der Waals surface area contributed by atoms with Crippen molar-refractivity contribution in [2.45, 2.75) is 0 Å². The Kier molecular flexibility index (Phi) is 2.29. The van der Waals surface area contributed by atoms with Crippen molar-refractivity contribution in [3.8, 4) is 0 Å². The van der Waals surface area contributed by atoms with Crippen molar-refractivity contribution >= 4 is 16.5 Å². The number of rotatable bonds is 1. The second-order valence-corrected chi connectivity index (χ2v) is 4.24. The first-order valence-corrected chi connectivity index (χ1v) is 5.54. The quantitative estimate of drug-likeness (QED) is 0.662. The van der Waals surface area contributed by atoms with Gasteiger partial charge in [0.25, 0.3) is 0 Å². The molecule has 1 N–H and O–H groups in total. The summed E-state index contributed by atoms with van der Waals surface area (Å²) in [6, 6.07) is 7.03. The summed E-state index contributed by atoms with van der Waals surface area (Å²) in [5.74, 6) is 0. The summed E-state index contributed by atoms with van der Waals surface area (Å²) < 4.78 is 31.4. The maximum atomic E-state index is 10.9. The lowest BCUT2D eigenvalue weighted by Crippen LogP contribution is -2.28. The van der Waals surface area contributed by atoms with E-state index in [4.69, 9.17) is 4.55 Å². The second kappa shape index (κ2) is 3.48. The molecule has 2 rings (SSSR count). The predicted molar refractivity (Wildman–Crippen MR) is 54.2 cm³/mol. The lowest BCUT2D eigenvalue weighted by molar-refractivity contribution is 0.446. The fraction of sp³-hybridized carbons (Fsp3) is 0. The number of hydrogen-bond acceptors (Lipinski definition) is 3. The standard InChI is InChI=1S/C9H8N2O3S/c12-15(13,14)11-6-5-10-9-4-2-1-3-8(9)7-11/h1-7H,(H,12,13,14).